The van der Waals surface area contributed by atoms with Gasteiger partial charge in [0, 0.05) is 19.6 Å². The molecule has 0 aliphatic carbocycles. The molecule has 0 atom stereocenters. The molecule has 22 heavy (non-hydrogen) atoms. The summed E-state index contributed by atoms with van der Waals surface area (Å²) in [6.45, 7) is 7.99. The van der Waals surface area contributed by atoms with E-state index < -0.39 is 0 Å². The van der Waals surface area contributed by atoms with E-state index in [-0.39, 0.29) is 5.91 Å². The summed E-state index contributed by atoms with van der Waals surface area (Å²) in [4.78, 5) is 22.3. The molecule has 0 aliphatic rings. The highest BCUT2D eigenvalue weighted by molar-refractivity contribution is 5.92. The third-order valence-electron chi connectivity index (χ3n) is 3.52. The van der Waals surface area contributed by atoms with Crippen molar-refractivity contribution in [3.05, 3.63) is 53.5 Å². The van der Waals surface area contributed by atoms with E-state index in [1.54, 1.807) is 11.1 Å². The number of amides is 1. The van der Waals surface area contributed by atoms with Gasteiger partial charge in [-0.05, 0) is 26.3 Å². The summed E-state index contributed by atoms with van der Waals surface area (Å²) >= 11 is 0. The van der Waals surface area contributed by atoms with Crippen molar-refractivity contribution in [2.24, 2.45) is 0 Å². The molecule has 1 aromatic heterocycles. The molecule has 0 fully saturated rings. The van der Waals surface area contributed by atoms with Gasteiger partial charge in [0.05, 0.1) is 12.4 Å². The first-order chi connectivity index (χ1) is 10.6. The van der Waals surface area contributed by atoms with Crippen LogP contribution in [-0.2, 0) is 6.54 Å². The zero-order chi connectivity index (χ0) is 15.9. The molecule has 0 saturated carbocycles. The summed E-state index contributed by atoms with van der Waals surface area (Å²) in [6, 6.07) is 8.31. The lowest BCUT2D eigenvalue weighted by atomic mass is 10.1. The van der Waals surface area contributed by atoms with Gasteiger partial charge in [0.1, 0.15) is 11.5 Å². The molecule has 1 heterocycles. The third-order valence-corrected chi connectivity index (χ3v) is 3.52. The number of hydrogen-bond acceptors (Lipinski definition) is 4. The number of rotatable bonds is 6. The minimum Gasteiger partial charge on any atom is -0.365 e. The molecule has 2 aromatic rings. The topological polar surface area (TPSA) is 58.1 Å². The molecule has 0 unspecified atom stereocenters. The van der Waals surface area contributed by atoms with Crippen molar-refractivity contribution in [2.75, 3.05) is 18.4 Å². The molecule has 1 amide bonds. The summed E-state index contributed by atoms with van der Waals surface area (Å²) in [7, 11) is 0. The van der Waals surface area contributed by atoms with Crippen molar-refractivity contribution in [3.63, 3.8) is 0 Å². The second kappa shape index (κ2) is 7.54. The number of hydrogen-bond donors (Lipinski definition) is 1. The fraction of sp³-hybridized carbons (Fsp3) is 0.353. The van der Waals surface area contributed by atoms with E-state index in [2.05, 4.69) is 46.5 Å². The lowest BCUT2D eigenvalue weighted by Crippen LogP contribution is -2.31. The van der Waals surface area contributed by atoms with E-state index in [4.69, 9.17) is 0 Å². The van der Waals surface area contributed by atoms with Gasteiger partial charge < -0.3 is 10.2 Å². The first-order valence-electron chi connectivity index (χ1n) is 7.54. The maximum absolute atomic E-state index is 12.1. The molecule has 0 bridgehead atoms. The van der Waals surface area contributed by atoms with Gasteiger partial charge >= 0.3 is 0 Å². The predicted octanol–water partition coefficient (Wildman–Crippen LogP) is 2.88. The largest absolute Gasteiger partial charge is 0.365 e. The van der Waals surface area contributed by atoms with E-state index in [0.717, 1.165) is 0 Å². The van der Waals surface area contributed by atoms with Gasteiger partial charge in [-0.25, -0.2) is 9.97 Å². The maximum Gasteiger partial charge on any atom is 0.274 e. The van der Waals surface area contributed by atoms with Crippen molar-refractivity contribution in [2.45, 2.75) is 27.3 Å². The Morgan fingerprint density at radius 1 is 1.09 bits per heavy atom. The van der Waals surface area contributed by atoms with Gasteiger partial charge in [0.25, 0.3) is 5.91 Å². The highest BCUT2D eigenvalue weighted by Crippen LogP contribution is 2.08. The summed E-state index contributed by atoms with van der Waals surface area (Å²) in [5.41, 5.74) is 2.79. The van der Waals surface area contributed by atoms with Crippen molar-refractivity contribution < 1.29 is 4.79 Å². The highest BCUT2D eigenvalue weighted by Gasteiger charge is 2.13. The molecule has 1 N–H and O–H groups in total. The molecule has 1 aromatic carbocycles. The summed E-state index contributed by atoms with van der Waals surface area (Å²) in [5.74, 6) is 0.583. The lowest BCUT2D eigenvalue weighted by molar-refractivity contribution is 0.0766. The van der Waals surface area contributed by atoms with E-state index in [0.29, 0.717) is 31.1 Å². The standard InChI is InChI=1S/C17H22N4O/c1-4-21(5-2)17(22)15-11-20-16(12-18-15)19-10-14-8-6-13(3)7-9-14/h6-9,11-12H,4-5,10H2,1-3H3,(H,19,20). The number of anilines is 1. The van der Waals surface area contributed by atoms with E-state index in [1.807, 2.05) is 13.8 Å². The van der Waals surface area contributed by atoms with Crippen LogP contribution in [0.5, 0.6) is 0 Å². The van der Waals surface area contributed by atoms with Crippen LogP contribution in [0.1, 0.15) is 35.5 Å². The Balaban J connectivity index is 1.97. The van der Waals surface area contributed by atoms with Gasteiger partial charge in [-0.1, -0.05) is 29.8 Å². The second-order valence-corrected chi connectivity index (χ2v) is 5.10. The minimum atomic E-state index is -0.0809. The zero-order valence-corrected chi connectivity index (χ0v) is 13.3. The second-order valence-electron chi connectivity index (χ2n) is 5.10. The van der Waals surface area contributed by atoms with Crippen molar-refractivity contribution >= 4 is 11.7 Å². The number of benzene rings is 1. The van der Waals surface area contributed by atoms with Gasteiger partial charge in [0.15, 0.2) is 0 Å². The van der Waals surface area contributed by atoms with Crippen molar-refractivity contribution in [3.8, 4) is 0 Å². The Morgan fingerprint density at radius 3 is 2.32 bits per heavy atom. The van der Waals surface area contributed by atoms with Gasteiger partial charge in [-0.2, -0.15) is 0 Å². The van der Waals surface area contributed by atoms with E-state index >= 15 is 0 Å². The number of carbonyl (C=O) groups excluding carboxylic acids is 1. The minimum absolute atomic E-state index is 0.0809. The Morgan fingerprint density at radius 2 is 1.77 bits per heavy atom. The van der Waals surface area contributed by atoms with Crippen LogP contribution >= 0.6 is 0 Å². The zero-order valence-electron chi connectivity index (χ0n) is 13.3. The van der Waals surface area contributed by atoms with Crippen LogP contribution < -0.4 is 5.32 Å². The summed E-state index contributed by atoms with van der Waals surface area (Å²) in [6.07, 6.45) is 3.13. The van der Waals surface area contributed by atoms with Crippen molar-refractivity contribution in [1.82, 2.24) is 14.9 Å². The average molecular weight is 298 g/mol. The normalized spacial score (nSPS) is 10.3. The fourth-order valence-electron chi connectivity index (χ4n) is 2.10. The quantitative estimate of drug-likeness (QED) is 0.891. The predicted molar refractivity (Wildman–Crippen MR) is 87.8 cm³/mol. The molecule has 5 nitrogen and oxygen atoms in total. The molecule has 116 valence electrons. The maximum atomic E-state index is 12.1. The van der Waals surface area contributed by atoms with Crippen molar-refractivity contribution in [1.29, 1.82) is 0 Å². The highest BCUT2D eigenvalue weighted by atomic mass is 16.2. The first-order valence-corrected chi connectivity index (χ1v) is 7.54. The number of nitrogens with zero attached hydrogens (tertiary/aromatic N) is 3. The molecular weight excluding hydrogens is 276 g/mol. The monoisotopic (exact) mass is 298 g/mol. The van der Waals surface area contributed by atoms with Crippen LogP contribution in [0.25, 0.3) is 0 Å². The number of aryl methyl sites for hydroxylation is 1. The molecule has 5 heteroatoms. The van der Waals surface area contributed by atoms with Gasteiger partial charge in [-0.3, -0.25) is 4.79 Å². The number of carbonyl (C=O) groups is 1. The van der Waals surface area contributed by atoms with E-state index in [1.165, 1.54) is 17.3 Å². The molecule has 0 spiro atoms. The lowest BCUT2D eigenvalue weighted by Gasteiger charge is -2.17. The number of nitrogens with one attached hydrogen (secondary N) is 1. The SMILES string of the molecule is CCN(CC)C(=O)c1cnc(NCc2ccc(C)cc2)cn1. The molecule has 0 saturated heterocycles. The number of aromatic nitrogens is 2. The smallest absolute Gasteiger partial charge is 0.274 e. The first kappa shape index (κ1) is 15.9. The van der Waals surface area contributed by atoms with Gasteiger partial charge in [-0.15, -0.1) is 0 Å². The average Bonchev–Trinajstić information content (AvgIpc) is 2.56. The Kier molecular flexibility index (Phi) is 5.47. The van der Waals surface area contributed by atoms with Crippen LogP contribution in [0.2, 0.25) is 0 Å². The Labute approximate surface area is 131 Å². The summed E-state index contributed by atoms with van der Waals surface area (Å²) in [5, 5.41) is 3.21. The molecule has 0 radical (unpaired) electrons. The fourth-order valence-corrected chi connectivity index (χ4v) is 2.10. The molecule has 2 rings (SSSR count). The van der Waals surface area contributed by atoms with Crippen LogP contribution in [0.15, 0.2) is 36.7 Å². The Bertz CT molecular complexity index is 604. The molecule has 0 aliphatic heterocycles. The van der Waals surface area contributed by atoms with E-state index in [9.17, 15) is 4.79 Å². The van der Waals surface area contributed by atoms with Crippen LogP contribution in [0.4, 0.5) is 5.82 Å². The summed E-state index contributed by atoms with van der Waals surface area (Å²) < 4.78 is 0. The Hall–Kier alpha value is -2.43. The third kappa shape index (κ3) is 4.04. The van der Waals surface area contributed by atoms with Crippen LogP contribution in [0, 0.1) is 6.92 Å². The van der Waals surface area contributed by atoms with Gasteiger partial charge in [0.2, 0.25) is 0 Å². The van der Waals surface area contributed by atoms with Crippen LogP contribution in [-0.4, -0.2) is 33.9 Å². The molecular formula is C17H22N4O. The van der Waals surface area contributed by atoms with Crippen LogP contribution in [0.3, 0.4) is 0 Å².